The molecule has 2 aromatic rings. The highest BCUT2D eigenvalue weighted by atomic mass is 35.5. The van der Waals surface area contributed by atoms with E-state index in [0.29, 0.717) is 19.6 Å². The van der Waals surface area contributed by atoms with Crippen molar-refractivity contribution in [2.75, 3.05) is 19.6 Å². The summed E-state index contributed by atoms with van der Waals surface area (Å²) in [5.41, 5.74) is 0.906. The van der Waals surface area contributed by atoms with Gasteiger partial charge in [-0.1, -0.05) is 12.1 Å². The van der Waals surface area contributed by atoms with Crippen LogP contribution in [-0.2, 0) is 11.2 Å². The Morgan fingerprint density at radius 1 is 1.12 bits per heavy atom. The van der Waals surface area contributed by atoms with Crippen molar-refractivity contribution in [2.45, 2.75) is 18.9 Å². The number of amides is 1. The molecule has 0 spiro atoms. The average molecular weight is 385 g/mol. The zero-order chi connectivity index (χ0) is 17.8. The fourth-order valence-corrected chi connectivity index (χ4v) is 3.13. The first-order valence-electron chi connectivity index (χ1n) is 8.24. The Balaban J connectivity index is 0.00000243. The number of hydrogen-bond donors (Lipinski definition) is 1. The molecule has 3 rings (SSSR count). The van der Waals surface area contributed by atoms with E-state index in [1.54, 1.807) is 17.0 Å². The van der Waals surface area contributed by atoms with Crippen molar-refractivity contribution in [3.63, 3.8) is 0 Å². The number of piperazine rings is 1. The van der Waals surface area contributed by atoms with E-state index < -0.39 is 11.6 Å². The van der Waals surface area contributed by atoms with Gasteiger partial charge in [-0.25, -0.2) is 13.2 Å². The largest absolute Gasteiger partial charge is 0.333 e. The van der Waals surface area contributed by atoms with Crippen LogP contribution in [0.4, 0.5) is 13.2 Å². The molecule has 1 aliphatic rings. The SMILES string of the molecule is Cl.O=C(CCc1cc(F)ccc1F)N1CCNCC1c1cccc(F)c1. The van der Waals surface area contributed by atoms with Crippen molar-refractivity contribution < 1.29 is 18.0 Å². The van der Waals surface area contributed by atoms with Gasteiger partial charge in [0, 0.05) is 26.1 Å². The molecule has 3 nitrogen and oxygen atoms in total. The molecule has 0 bridgehead atoms. The molecule has 0 aliphatic carbocycles. The van der Waals surface area contributed by atoms with Gasteiger partial charge in [0.15, 0.2) is 0 Å². The standard InChI is InChI=1S/C19H19F3N2O.ClH/c20-15-3-1-2-14(11-15)18-12-23-8-9-24(18)19(25)7-4-13-10-16(21)5-6-17(13)22;/h1-3,5-6,10-11,18,23H,4,7-9,12H2;1H. The molecule has 1 atom stereocenters. The van der Waals surface area contributed by atoms with Gasteiger partial charge in [0.1, 0.15) is 17.5 Å². The lowest BCUT2D eigenvalue weighted by Crippen LogP contribution is -2.48. The van der Waals surface area contributed by atoms with Gasteiger partial charge >= 0.3 is 0 Å². The van der Waals surface area contributed by atoms with Crippen molar-refractivity contribution in [3.05, 3.63) is 71.0 Å². The van der Waals surface area contributed by atoms with E-state index >= 15 is 0 Å². The lowest BCUT2D eigenvalue weighted by Gasteiger charge is -2.36. The Morgan fingerprint density at radius 3 is 2.65 bits per heavy atom. The minimum Gasteiger partial charge on any atom is -0.333 e. The van der Waals surface area contributed by atoms with E-state index in [2.05, 4.69) is 5.32 Å². The second kappa shape index (κ2) is 9.05. The van der Waals surface area contributed by atoms with Crippen LogP contribution in [0.25, 0.3) is 0 Å². The monoisotopic (exact) mass is 384 g/mol. The van der Waals surface area contributed by atoms with Crippen LogP contribution in [0, 0.1) is 17.5 Å². The van der Waals surface area contributed by atoms with Gasteiger partial charge < -0.3 is 10.2 Å². The molecule has 1 unspecified atom stereocenters. The Morgan fingerprint density at radius 2 is 1.88 bits per heavy atom. The summed E-state index contributed by atoms with van der Waals surface area (Å²) in [6.07, 6.45) is 0.203. The van der Waals surface area contributed by atoms with Crippen molar-refractivity contribution in [1.29, 1.82) is 0 Å². The third-order valence-electron chi connectivity index (χ3n) is 4.41. The molecule has 26 heavy (non-hydrogen) atoms. The summed E-state index contributed by atoms with van der Waals surface area (Å²) in [6.45, 7) is 1.67. The molecule has 1 aliphatic heterocycles. The van der Waals surface area contributed by atoms with E-state index in [1.165, 1.54) is 12.1 Å². The Hall–Kier alpha value is -2.05. The highest BCUT2D eigenvalue weighted by molar-refractivity contribution is 5.85. The van der Waals surface area contributed by atoms with E-state index in [0.717, 1.165) is 23.8 Å². The van der Waals surface area contributed by atoms with Crippen LogP contribution in [0.3, 0.4) is 0 Å². The van der Waals surface area contributed by atoms with Crippen molar-refractivity contribution in [1.82, 2.24) is 10.2 Å². The maximum Gasteiger partial charge on any atom is 0.223 e. The molecule has 7 heteroatoms. The van der Waals surface area contributed by atoms with E-state index in [9.17, 15) is 18.0 Å². The normalized spacial score (nSPS) is 16.9. The second-order valence-corrected chi connectivity index (χ2v) is 6.10. The Labute approximate surface area is 156 Å². The van der Waals surface area contributed by atoms with Crippen molar-refractivity contribution >= 4 is 18.3 Å². The molecule has 0 aromatic heterocycles. The molecule has 0 saturated carbocycles. The molecular formula is C19H20ClF3N2O. The number of rotatable bonds is 4. The minimum absolute atomic E-state index is 0. The first kappa shape index (κ1) is 20.3. The van der Waals surface area contributed by atoms with E-state index in [-0.39, 0.29) is 48.6 Å². The Kier molecular flexibility index (Phi) is 7.06. The lowest BCUT2D eigenvalue weighted by atomic mass is 10.0. The quantitative estimate of drug-likeness (QED) is 0.873. The fourth-order valence-electron chi connectivity index (χ4n) is 3.13. The second-order valence-electron chi connectivity index (χ2n) is 6.10. The number of hydrogen-bond acceptors (Lipinski definition) is 2. The van der Waals surface area contributed by atoms with Crippen molar-refractivity contribution in [2.24, 2.45) is 0 Å². The summed E-state index contributed by atoms with van der Waals surface area (Å²) in [7, 11) is 0. The van der Waals surface area contributed by atoms with Crippen LogP contribution in [0.15, 0.2) is 42.5 Å². The number of nitrogens with zero attached hydrogens (tertiary/aromatic N) is 1. The predicted molar refractivity (Wildman–Crippen MR) is 95.7 cm³/mol. The summed E-state index contributed by atoms with van der Waals surface area (Å²) < 4.78 is 40.4. The highest BCUT2D eigenvalue weighted by Crippen LogP contribution is 2.24. The number of carbonyl (C=O) groups excluding carboxylic acids is 1. The van der Waals surface area contributed by atoms with Crippen LogP contribution >= 0.6 is 12.4 Å². The Bertz CT molecular complexity index is 772. The average Bonchev–Trinajstić information content (AvgIpc) is 2.62. The highest BCUT2D eigenvalue weighted by Gasteiger charge is 2.27. The van der Waals surface area contributed by atoms with Gasteiger partial charge in [-0.2, -0.15) is 0 Å². The maximum absolute atomic E-state index is 13.7. The van der Waals surface area contributed by atoms with E-state index in [1.807, 2.05) is 0 Å². The number of benzene rings is 2. The molecule has 1 amide bonds. The molecule has 140 valence electrons. The summed E-state index contributed by atoms with van der Waals surface area (Å²) in [4.78, 5) is 14.3. The van der Waals surface area contributed by atoms with Gasteiger partial charge in [-0.05, 0) is 47.9 Å². The molecule has 1 fully saturated rings. The molecule has 1 heterocycles. The van der Waals surface area contributed by atoms with Gasteiger partial charge in [0.25, 0.3) is 0 Å². The van der Waals surface area contributed by atoms with Gasteiger partial charge in [-0.15, -0.1) is 12.4 Å². The van der Waals surface area contributed by atoms with Crippen molar-refractivity contribution in [3.8, 4) is 0 Å². The fraction of sp³-hybridized carbons (Fsp3) is 0.316. The summed E-state index contributed by atoms with van der Waals surface area (Å²) in [5, 5.41) is 3.20. The van der Waals surface area contributed by atoms with Crippen LogP contribution in [0.2, 0.25) is 0 Å². The first-order valence-corrected chi connectivity index (χ1v) is 8.24. The lowest BCUT2D eigenvalue weighted by molar-refractivity contribution is -0.134. The third kappa shape index (κ3) is 4.77. The number of aryl methyl sites for hydroxylation is 1. The zero-order valence-electron chi connectivity index (χ0n) is 14.1. The first-order chi connectivity index (χ1) is 12.0. The van der Waals surface area contributed by atoms with Gasteiger partial charge in [0.2, 0.25) is 5.91 Å². The minimum atomic E-state index is -0.524. The van der Waals surface area contributed by atoms with Crippen LogP contribution in [0.1, 0.15) is 23.6 Å². The van der Waals surface area contributed by atoms with Crippen LogP contribution in [0.5, 0.6) is 0 Å². The van der Waals surface area contributed by atoms with E-state index in [4.69, 9.17) is 0 Å². The summed E-state index contributed by atoms with van der Waals surface area (Å²) in [6, 6.07) is 9.14. The molecule has 1 N–H and O–H groups in total. The van der Waals surface area contributed by atoms with Gasteiger partial charge in [-0.3, -0.25) is 4.79 Å². The molecule has 1 saturated heterocycles. The van der Waals surface area contributed by atoms with Gasteiger partial charge in [0.05, 0.1) is 6.04 Å². The maximum atomic E-state index is 13.7. The number of nitrogens with one attached hydrogen (secondary N) is 1. The number of carbonyl (C=O) groups is 1. The number of halogens is 4. The topological polar surface area (TPSA) is 32.3 Å². The smallest absolute Gasteiger partial charge is 0.223 e. The predicted octanol–water partition coefficient (Wildman–Crippen LogP) is 3.63. The third-order valence-corrected chi connectivity index (χ3v) is 4.41. The summed E-state index contributed by atoms with van der Waals surface area (Å²) in [5.74, 6) is -1.54. The molecular weight excluding hydrogens is 365 g/mol. The molecule has 0 radical (unpaired) electrons. The summed E-state index contributed by atoms with van der Waals surface area (Å²) >= 11 is 0. The van der Waals surface area contributed by atoms with Crippen LogP contribution < -0.4 is 5.32 Å². The molecule has 2 aromatic carbocycles. The zero-order valence-corrected chi connectivity index (χ0v) is 14.9. The van der Waals surface area contributed by atoms with Crippen LogP contribution in [-0.4, -0.2) is 30.4 Å².